The van der Waals surface area contributed by atoms with Crippen molar-refractivity contribution in [3.8, 4) is 33.1 Å². The number of para-hydroxylation sites is 3. The van der Waals surface area contributed by atoms with Crippen molar-refractivity contribution in [2.45, 2.75) is 0 Å². The third kappa shape index (κ3) is 4.09. The molecule has 0 atom stereocenters. The van der Waals surface area contributed by atoms with E-state index in [1.807, 2.05) is 0 Å². The van der Waals surface area contributed by atoms with Crippen molar-refractivity contribution in [2.75, 3.05) is 0 Å². The van der Waals surface area contributed by atoms with E-state index in [0.717, 1.165) is 27.5 Å². The van der Waals surface area contributed by atoms with Crippen LogP contribution in [-0.4, -0.2) is 14.1 Å². The zero-order valence-corrected chi connectivity index (χ0v) is 26.2. The molecule has 0 amide bonds. The van der Waals surface area contributed by atoms with Gasteiger partial charge in [0.25, 0.3) is 0 Å². The van der Waals surface area contributed by atoms with Crippen molar-refractivity contribution in [3.05, 3.63) is 164 Å². The van der Waals surface area contributed by atoms with Gasteiger partial charge in [0, 0.05) is 38.5 Å². The molecule has 3 nitrogen and oxygen atoms in total. The van der Waals surface area contributed by atoms with Gasteiger partial charge < -0.3 is 9.13 Å². The molecular weight excluding hydrogens is 591 g/mol. The second-order valence-electron chi connectivity index (χ2n) is 12.0. The number of rotatable bonds is 4. The minimum absolute atomic E-state index is 1.04. The van der Waals surface area contributed by atoms with Crippen molar-refractivity contribution < 1.29 is 0 Å². The molecule has 10 rings (SSSR count). The Labute approximate surface area is 275 Å². The van der Waals surface area contributed by atoms with Crippen LogP contribution < -0.4 is 0 Å². The number of thiazole rings is 1. The Kier molecular flexibility index (Phi) is 5.74. The number of hydrogen-bond acceptors (Lipinski definition) is 2. The molecule has 4 heteroatoms. The molecule has 0 N–H and O–H groups in total. The summed E-state index contributed by atoms with van der Waals surface area (Å²) in [6, 6.07) is 59.1. The Morgan fingerprint density at radius 3 is 1.57 bits per heavy atom. The lowest BCUT2D eigenvalue weighted by molar-refractivity contribution is 1.17. The zero-order valence-electron chi connectivity index (χ0n) is 25.3. The summed E-state index contributed by atoms with van der Waals surface area (Å²) in [6.45, 7) is 0. The maximum atomic E-state index is 4.97. The fraction of sp³-hybridized carbons (Fsp3) is 0. The van der Waals surface area contributed by atoms with E-state index in [1.54, 1.807) is 11.3 Å². The Morgan fingerprint density at radius 1 is 0.383 bits per heavy atom. The molecule has 0 fully saturated rings. The molecule has 3 heterocycles. The van der Waals surface area contributed by atoms with Crippen LogP contribution in [0.25, 0.3) is 86.9 Å². The highest BCUT2D eigenvalue weighted by molar-refractivity contribution is 7.21. The molecule has 0 aliphatic rings. The van der Waals surface area contributed by atoms with Gasteiger partial charge in [0.1, 0.15) is 5.01 Å². The lowest BCUT2D eigenvalue weighted by Crippen LogP contribution is -1.95. The molecule has 3 aromatic heterocycles. The highest BCUT2D eigenvalue weighted by Crippen LogP contribution is 2.40. The molecule has 0 saturated heterocycles. The normalized spacial score (nSPS) is 11.8. The van der Waals surface area contributed by atoms with Crippen molar-refractivity contribution >= 4 is 65.2 Å². The van der Waals surface area contributed by atoms with E-state index in [1.165, 1.54) is 59.4 Å². The van der Waals surface area contributed by atoms with Gasteiger partial charge >= 0.3 is 0 Å². The second kappa shape index (κ2) is 10.3. The van der Waals surface area contributed by atoms with Gasteiger partial charge in [-0.25, -0.2) is 4.98 Å². The first kappa shape index (κ1) is 26.3. The summed E-state index contributed by atoms with van der Waals surface area (Å²) in [5.74, 6) is 0. The maximum Gasteiger partial charge on any atom is 0.124 e. The number of nitrogens with zero attached hydrogens (tertiary/aromatic N) is 3. The predicted octanol–water partition coefficient (Wildman–Crippen LogP) is 11.8. The molecule has 0 aliphatic carbocycles. The van der Waals surface area contributed by atoms with Crippen LogP contribution in [0.15, 0.2) is 164 Å². The zero-order chi connectivity index (χ0) is 30.9. The van der Waals surface area contributed by atoms with Crippen LogP contribution in [0, 0.1) is 0 Å². The van der Waals surface area contributed by atoms with Crippen LogP contribution >= 0.6 is 11.3 Å². The summed E-state index contributed by atoms with van der Waals surface area (Å²) in [6.07, 6.45) is 0. The smallest absolute Gasteiger partial charge is 0.124 e. The van der Waals surface area contributed by atoms with E-state index in [-0.39, 0.29) is 0 Å². The standard InChI is InChI=1S/C43H27N3S/c1-2-12-28(13-3-1)29-14-10-16-31(24-29)45-38-21-7-4-18-33(38)35-27-41-36(26-40(35)45)34-19-5-8-22-39(34)46(41)32-17-11-15-30(25-32)43-44-37-20-6-9-23-42(37)47-43/h1-27H. The monoisotopic (exact) mass is 617 g/mol. The van der Waals surface area contributed by atoms with Crippen molar-refractivity contribution in [1.82, 2.24) is 14.1 Å². The van der Waals surface area contributed by atoms with Gasteiger partial charge in [0.05, 0.1) is 32.3 Å². The van der Waals surface area contributed by atoms with Crippen molar-refractivity contribution in [1.29, 1.82) is 0 Å². The van der Waals surface area contributed by atoms with Crippen molar-refractivity contribution in [2.24, 2.45) is 0 Å². The second-order valence-corrected chi connectivity index (χ2v) is 13.1. The molecule has 0 unspecified atom stereocenters. The van der Waals surface area contributed by atoms with Crippen LogP contribution in [0.2, 0.25) is 0 Å². The van der Waals surface area contributed by atoms with Gasteiger partial charge in [-0.3, -0.25) is 0 Å². The van der Waals surface area contributed by atoms with Gasteiger partial charge in [-0.05, 0) is 71.8 Å². The molecule has 0 radical (unpaired) electrons. The Balaban J connectivity index is 1.23. The molecule has 0 spiro atoms. The minimum Gasteiger partial charge on any atom is -0.309 e. The molecule has 220 valence electrons. The summed E-state index contributed by atoms with van der Waals surface area (Å²) in [5.41, 5.74) is 11.7. The van der Waals surface area contributed by atoms with Gasteiger partial charge in [-0.15, -0.1) is 11.3 Å². The molecule has 0 bridgehead atoms. The molecule has 0 aliphatic heterocycles. The summed E-state index contributed by atoms with van der Waals surface area (Å²) >= 11 is 1.74. The quantitative estimate of drug-likeness (QED) is 0.193. The molecule has 47 heavy (non-hydrogen) atoms. The molecule has 10 aromatic rings. The summed E-state index contributed by atoms with van der Waals surface area (Å²) in [4.78, 5) is 4.97. The third-order valence-electron chi connectivity index (χ3n) is 9.32. The maximum absolute atomic E-state index is 4.97. The fourth-order valence-corrected chi connectivity index (χ4v) is 8.18. The lowest BCUT2D eigenvalue weighted by atomic mass is 10.1. The largest absolute Gasteiger partial charge is 0.309 e. The van der Waals surface area contributed by atoms with E-state index in [9.17, 15) is 0 Å². The number of benzene rings is 7. The Morgan fingerprint density at radius 2 is 0.915 bits per heavy atom. The van der Waals surface area contributed by atoms with E-state index < -0.39 is 0 Å². The average Bonchev–Trinajstić information content (AvgIpc) is 3.81. The van der Waals surface area contributed by atoms with Crippen LogP contribution in [-0.2, 0) is 0 Å². The van der Waals surface area contributed by atoms with E-state index in [2.05, 4.69) is 173 Å². The number of aromatic nitrogens is 3. The number of fused-ring (bicyclic) bond motifs is 7. The van der Waals surface area contributed by atoms with E-state index in [0.29, 0.717) is 0 Å². The molecule has 0 saturated carbocycles. The van der Waals surface area contributed by atoms with E-state index in [4.69, 9.17) is 4.98 Å². The van der Waals surface area contributed by atoms with Crippen LogP contribution in [0.4, 0.5) is 0 Å². The van der Waals surface area contributed by atoms with E-state index >= 15 is 0 Å². The topological polar surface area (TPSA) is 22.8 Å². The highest BCUT2D eigenvalue weighted by atomic mass is 32.1. The highest BCUT2D eigenvalue weighted by Gasteiger charge is 2.19. The molecule has 7 aromatic carbocycles. The predicted molar refractivity (Wildman–Crippen MR) is 199 cm³/mol. The van der Waals surface area contributed by atoms with Gasteiger partial charge in [-0.1, -0.05) is 103 Å². The number of hydrogen-bond donors (Lipinski definition) is 0. The van der Waals surface area contributed by atoms with Crippen LogP contribution in [0.1, 0.15) is 0 Å². The van der Waals surface area contributed by atoms with Crippen LogP contribution in [0.5, 0.6) is 0 Å². The summed E-state index contributed by atoms with van der Waals surface area (Å²) < 4.78 is 6.05. The average molecular weight is 618 g/mol. The first-order valence-corrected chi connectivity index (χ1v) is 16.7. The lowest BCUT2D eigenvalue weighted by Gasteiger charge is -2.11. The SMILES string of the molecule is c1ccc(-c2cccc(-n3c4ccccc4c4cc5c(cc43)c3ccccc3n5-c3cccc(-c4nc5ccccc5s4)c3)c2)cc1. The third-order valence-corrected chi connectivity index (χ3v) is 10.4. The summed E-state index contributed by atoms with van der Waals surface area (Å²) in [7, 11) is 0. The fourth-order valence-electron chi connectivity index (χ4n) is 7.22. The summed E-state index contributed by atoms with van der Waals surface area (Å²) in [5, 5.41) is 6.00. The van der Waals surface area contributed by atoms with Gasteiger partial charge in [0.2, 0.25) is 0 Å². The van der Waals surface area contributed by atoms with Crippen LogP contribution in [0.3, 0.4) is 0 Å². The Bertz CT molecular complexity index is 2770. The minimum atomic E-state index is 1.04. The first-order chi connectivity index (χ1) is 23.3. The molecular formula is C43H27N3S. The van der Waals surface area contributed by atoms with Crippen molar-refractivity contribution in [3.63, 3.8) is 0 Å². The Hall–Kier alpha value is -5.97. The van der Waals surface area contributed by atoms with Gasteiger partial charge in [-0.2, -0.15) is 0 Å². The first-order valence-electron chi connectivity index (χ1n) is 15.9. The van der Waals surface area contributed by atoms with Gasteiger partial charge in [0.15, 0.2) is 0 Å².